The Hall–Kier alpha value is -9.18. The normalized spacial score (nSPS) is 12.7. The number of para-hydroxylation sites is 2. The number of furan rings is 1. The first-order chi connectivity index (χ1) is 35.4. The maximum absolute atomic E-state index is 6.30. The maximum Gasteiger partial charge on any atom is 0.135 e. The minimum atomic E-state index is -0.129. The number of anilines is 3. The molecule has 0 N–H and O–H groups in total. The number of fused-ring (bicyclic) bond motifs is 9. The molecule has 0 amide bonds. The van der Waals surface area contributed by atoms with Crippen LogP contribution < -0.4 is 4.90 Å². The first-order valence-electron chi connectivity index (χ1n) is 24.9. The highest BCUT2D eigenvalue weighted by Crippen LogP contribution is 2.51. The van der Waals surface area contributed by atoms with Gasteiger partial charge in [0.1, 0.15) is 11.2 Å². The molecular formula is C69H48N2O. The van der Waals surface area contributed by atoms with Gasteiger partial charge in [0.25, 0.3) is 0 Å². The van der Waals surface area contributed by atoms with Crippen LogP contribution in [0.1, 0.15) is 25.0 Å². The van der Waals surface area contributed by atoms with Gasteiger partial charge in [-0.05, 0) is 128 Å². The zero-order chi connectivity index (χ0) is 47.9. The van der Waals surface area contributed by atoms with E-state index >= 15 is 0 Å². The van der Waals surface area contributed by atoms with E-state index < -0.39 is 0 Å². The minimum absolute atomic E-state index is 0.129. The Morgan fingerprint density at radius 1 is 0.319 bits per heavy atom. The van der Waals surface area contributed by atoms with E-state index in [1.165, 1.54) is 71.9 Å². The molecule has 0 spiro atoms. The summed E-state index contributed by atoms with van der Waals surface area (Å²) in [5.74, 6) is 0. The van der Waals surface area contributed by atoms with Crippen LogP contribution in [0.25, 0.3) is 105 Å². The van der Waals surface area contributed by atoms with Gasteiger partial charge in [-0.15, -0.1) is 0 Å². The highest BCUT2D eigenvalue weighted by atomic mass is 16.3. The molecule has 11 aromatic carbocycles. The van der Waals surface area contributed by atoms with Crippen molar-refractivity contribution in [1.82, 2.24) is 4.57 Å². The summed E-state index contributed by atoms with van der Waals surface area (Å²) in [7, 11) is 0. The second-order valence-corrected chi connectivity index (χ2v) is 19.7. The fourth-order valence-electron chi connectivity index (χ4n) is 11.6. The molecule has 340 valence electrons. The smallest absolute Gasteiger partial charge is 0.135 e. The third kappa shape index (κ3) is 6.73. The maximum atomic E-state index is 6.30. The van der Waals surface area contributed by atoms with E-state index in [2.05, 4.69) is 266 Å². The van der Waals surface area contributed by atoms with Gasteiger partial charge in [0.2, 0.25) is 0 Å². The fourth-order valence-corrected chi connectivity index (χ4v) is 11.6. The van der Waals surface area contributed by atoms with Crippen molar-refractivity contribution in [3.63, 3.8) is 0 Å². The highest BCUT2D eigenvalue weighted by molar-refractivity contribution is 6.12. The van der Waals surface area contributed by atoms with Crippen LogP contribution in [0, 0.1) is 0 Å². The van der Waals surface area contributed by atoms with Crippen molar-refractivity contribution in [2.45, 2.75) is 19.3 Å². The Morgan fingerprint density at radius 2 is 0.806 bits per heavy atom. The van der Waals surface area contributed by atoms with Gasteiger partial charge < -0.3 is 13.9 Å². The molecule has 1 aliphatic carbocycles. The molecular weight excluding hydrogens is 873 g/mol. The summed E-state index contributed by atoms with van der Waals surface area (Å²) in [6.45, 7) is 4.70. The average Bonchev–Trinajstić information content (AvgIpc) is 4.06. The standard InChI is InChI=1S/C69H48N2O/c1-69(2)62-22-12-9-20-56(62)57-39-35-54(44-63(57)69)70(53-36-40-68-61(43-53)60-21-11-14-24-67(60)72-68)52-33-29-48(30-34-52)47-25-27-49(28-26-47)55-19-10-13-23-64(55)71-65-41-50(45-15-5-3-6-16-45)31-37-58(65)59-38-32-51(42-66(59)71)46-17-7-4-8-18-46/h3-44H,1-2H3. The minimum Gasteiger partial charge on any atom is -0.456 e. The Morgan fingerprint density at radius 3 is 1.50 bits per heavy atom. The van der Waals surface area contributed by atoms with Gasteiger partial charge in [-0.1, -0.05) is 202 Å². The summed E-state index contributed by atoms with van der Waals surface area (Å²) in [4.78, 5) is 2.39. The van der Waals surface area contributed by atoms with Gasteiger partial charge >= 0.3 is 0 Å². The van der Waals surface area contributed by atoms with E-state index in [9.17, 15) is 0 Å². The molecule has 0 bridgehead atoms. The quantitative estimate of drug-likeness (QED) is 0.151. The SMILES string of the molecule is CC1(C)c2ccccc2-c2ccc(N(c3ccc(-c4ccc(-c5ccccc5-n5c6cc(-c7ccccc7)ccc6c6ccc(-c7ccccc7)cc65)cc4)cc3)c3ccc4oc5ccccc5c4c3)cc21. The van der Waals surface area contributed by atoms with Crippen molar-refractivity contribution in [3.05, 3.63) is 266 Å². The lowest BCUT2D eigenvalue weighted by Gasteiger charge is -2.28. The van der Waals surface area contributed by atoms with Gasteiger partial charge in [0.15, 0.2) is 0 Å². The topological polar surface area (TPSA) is 21.3 Å². The van der Waals surface area contributed by atoms with Gasteiger partial charge in [0, 0.05) is 49.6 Å². The van der Waals surface area contributed by atoms with Crippen LogP contribution in [0.3, 0.4) is 0 Å². The number of hydrogen-bond acceptors (Lipinski definition) is 2. The zero-order valence-corrected chi connectivity index (χ0v) is 40.1. The van der Waals surface area contributed by atoms with Crippen molar-refractivity contribution in [2.24, 2.45) is 0 Å². The van der Waals surface area contributed by atoms with Gasteiger partial charge in [-0.2, -0.15) is 0 Å². The predicted octanol–water partition coefficient (Wildman–Crippen LogP) is 19.1. The van der Waals surface area contributed by atoms with Crippen LogP contribution in [0.2, 0.25) is 0 Å². The predicted molar refractivity (Wildman–Crippen MR) is 302 cm³/mol. The Bertz CT molecular complexity index is 4120. The molecule has 2 aromatic heterocycles. The van der Waals surface area contributed by atoms with E-state index in [-0.39, 0.29) is 5.41 Å². The lowest BCUT2D eigenvalue weighted by Crippen LogP contribution is -2.16. The molecule has 3 heteroatoms. The van der Waals surface area contributed by atoms with Crippen molar-refractivity contribution >= 4 is 60.8 Å². The van der Waals surface area contributed by atoms with Crippen LogP contribution >= 0.6 is 0 Å². The molecule has 0 saturated carbocycles. The lowest BCUT2D eigenvalue weighted by molar-refractivity contribution is 0.660. The van der Waals surface area contributed by atoms with Crippen LogP contribution in [0.5, 0.6) is 0 Å². The first kappa shape index (κ1) is 41.8. The largest absolute Gasteiger partial charge is 0.456 e. The number of benzene rings is 11. The van der Waals surface area contributed by atoms with Crippen LogP contribution in [-0.4, -0.2) is 4.57 Å². The van der Waals surface area contributed by atoms with Gasteiger partial charge in [0.05, 0.1) is 16.7 Å². The monoisotopic (exact) mass is 920 g/mol. The molecule has 0 aliphatic heterocycles. The average molecular weight is 921 g/mol. The molecule has 0 radical (unpaired) electrons. The zero-order valence-electron chi connectivity index (χ0n) is 40.1. The summed E-state index contributed by atoms with van der Waals surface area (Å²) in [6, 6.07) is 93.0. The summed E-state index contributed by atoms with van der Waals surface area (Å²) in [5, 5.41) is 4.69. The Balaban J connectivity index is 0.850. The molecule has 0 fully saturated rings. The summed E-state index contributed by atoms with van der Waals surface area (Å²) < 4.78 is 8.78. The molecule has 14 rings (SSSR count). The lowest BCUT2D eigenvalue weighted by atomic mass is 9.82. The molecule has 0 saturated heterocycles. The number of nitrogens with zero attached hydrogens (tertiary/aromatic N) is 2. The van der Waals surface area contributed by atoms with Crippen LogP contribution in [0.15, 0.2) is 259 Å². The van der Waals surface area contributed by atoms with Gasteiger partial charge in [-0.25, -0.2) is 0 Å². The third-order valence-corrected chi connectivity index (χ3v) is 15.2. The molecule has 2 heterocycles. The summed E-state index contributed by atoms with van der Waals surface area (Å²) in [5.41, 5.74) is 23.2. The molecule has 3 nitrogen and oxygen atoms in total. The van der Waals surface area contributed by atoms with E-state index in [0.29, 0.717) is 0 Å². The van der Waals surface area contributed by atoms with Crippen LogP contribution in [0.4, 0.5) is 17.1 Å². The van der Waals surface area contributed by atoms with Crippen molar-refractivity contribution < 1.29 is 4.42 Å². The second-order valence-electron chi connectivity index (χ2n) is 19.7. The molecule has 0 atom stereocenters. The van der Waals surface area contributed by atoms with E-state index in [1.807, 2.05) is 12.1 Å². The summed E-state index contributed by atoms with van der Waals surface area (Å²) in [6.07, 6.45) is 0. The van der Waals surface area contributed by atoms with Crippen molar-refractivity contribution in [3.8, 4) is 61.3 Å². The number of rotatable bonds is 8. The van der Waals surface area contributed by atoms with E-state index in [0.717, 1.165) is 61.4 Å². The van der Waals surface area contributed by atoms with Crippen LogP contribution in [-0.2, 0) is 5.41 Å². The highest BCUT2D eigenvalue weighted by Gasteiger charge is 2.36. The summed E-state index contributed by atoms with van der Waals surface area (Å²) >= 11 is 0. The fraction of sp³-hybridized carbons (Fsp3) is 0.0435. The molecule has 72 heavy (non-hydrogen) atoms. The van der Waals surface area contributed by atoms with Gasteiger partial charge in [-0.3, -0.25) is 0 Å². The Labute approximate surface area is 419 Å². The van der Waals surface area contributed by atoms with Crippen molar-refractivity contribution in [2.75, 3.05) is 4.90 Å². The second kappa shape index (κ2) is 16.5. The molecule has 13 aromatic rings. The molecule has 1 aliphatic rings. The van der Waals surface area contributed by atoms with E-state index in [1.54, 1.807) is 0 Å². The number of aromatic nitrogens is 1. The third-order valence-electron chi connectivity index (χ3n) is 15.2. The first-order valence-corrected chi connectivity index (χ1v) is 24.9. The molecule has 0 unspecified atom stereocenters. The Kier molecular flexibility index (Phi) is 9.56. The van der Waals surface area contributed by atoms with E-state index in [4.69, 9.17) is 4.42 Å². The van der Waals surface area contributed by atoms with Crippen molar-refractivity contribution in [1.29, 1.82) is 0 Å². The number of hydrogen-bond donors (Lipinski definition) is 0.